The molecule has 0 spiro atoms. The zero-order valence-corrected chi connectivity index (χ0v) is 19.1. The van der Waals surface area contributed by atoms with E-state index < -0.39 is 27.6 Å². The van der Waals surface area contributed by atoms with E-state index in [4.69, 9.17) is 5.14 Å². The first-order valence-electron chi connectivity index (χ1n) is 9.99. The fraction of sp³-hybridized carbons (Fsp3) is 0.136. The van der Waals surface area contributed by atoms with Crippen LogP contribution in [0.25, 0.3) is 22.8 Å². The average Bonchev–Trinajstić information content (AvgIpc) is 3.22. The molecule has 0 radical (unpaired) electrons. The minimum Gasteiger partial charge on any atom is -0.406 e. The van der Waals surface area contributed by atoms with Crippen LogP contribution in [0, 0.1) is 13.8 Å². The first kappa shape index (κ1) is 24.2. The molecule has 0 aliphatic carbocycles. The average molecular weight is 505 g/mol. The maximum atomic E-state index is 12.7. The Balaban J connectivity index is 1.81. The number of nitrogens with two attached hydrogens (primary N) is 1. The van der Waals surface area contributed by atoms with Gasteiger partial charge in [0.05, 0.1) is 28.2 Å². The molecule has 0 fully saturated rings. The molecule has 0 aliphatic heterocycles. The Bertz CT molecular complexity index is 1580. The second-order valence-electron chi connectivity index (χ2n) is 7.54. The van der Waals surface area contributed by atoms with E-state index in [9.17, 15) is 26.4 Å². The number of hydrogen-bond acceptors (Lipinski definition) is 6. The van der Waals surface area contributed by atoms with E-state index in [2.05, 4.69) is 14.9 Å². The summed E-state index contributed by atoms with van der Waals surface area (Å²) in [6.45, 7) is 3.33. The van der Waals surface area contributed by atoms with Crippen molar-refractivity contribution in [2.45, 2.75) is 25.1 Å². The monoisotopic (exact) mass is 505 g/mol. The summed E-state index contributed by atoms with van der Waals surface area (Å²) in [4.78, 5) is 12.6. The van der Waals surface area contributed by atoms with Crippen molar-refractivity contribution in [2.75, 3.05) is 0 Å². The van der Waals surface area contributed by atoms with Gasteiger partial charge in [0, 0.05) is 12.3 Å². The highest BCUT2D eigenvalue weighted by molar-refractivity contribution is 7.89. The molecule has 0 amide bonds. The summed E-state index contributed by atoms with van der Waals surface area (Å²) in [5.74, 6) is -0.402. The van der Waals surface area contributed by atoms with Gasteiger partial charge >= 0.3 is 6.36 Å². The van der Waals surface area contributed by atoms with Gasteiger partial charge in [-0.15, -0.1) is 13.2 Å². The molecule has 0 unspecified atom stereocenters. The molecule has 13 heteroatoms. The molecule has 0 saturated carbocycles. The third-order valence-electron chi connectivity index (χ3n) is 5.13. The molecule has 2 aromatic heterocycles. The first-order chi connectivity index (χ1) is 16.3. The molecule has 9 nitrogen and oxygen atoms in total. The van der Waals surface area contributed by atoms with Crippen LogP contribution in [-0.2, 0) is 10.0 Å². The van der Waals surface area contributed by atoms with Crippen LogP contribution in [0.1, 0.15) is 11.1 Å². The molecule has 0 saturated heterocycles. The largest absolute Gasteiger partial charge is 0.573 e. The van der Waals surface area contributed by atoms with Crippen molar-refractivity contribution in [3.05, 3.63) is 82.3 Å². The van der Waals surface area contributed by atoms with Crippen molar-refractivity contribution in [3.63, 3.8) is 0 Å². The minimum absolute atomic E-state index is 0.0135. The van der Waals surface area contributed by atoms with E-state index in [1.165, 1.54) is 52.1 Å². The summed E-state index contributed by atoms with van der Waals surface area (Å²) in [6.07, 6.45) is -2.02. The number of alkyl halides is 3. The Labute approximate surface area is 197 Å². The quantitative estimate of drug-likeness (QED) is 0.444. The normalized spacial score (nSPS) is 12.1. The van der Waals surface area contributed by atoms with E-state index in [0.29, 0.717) is 22.5 Å². The Hall–Kier alpha value is -3.97. The van der Waals surface area contributed by atoms with Gasteiger partial charge in [-0.25, -0.2) is 22.9 Å². The van der Waals surface area contributed by atoms with E-state index in [0.717, 1.165) is 12.1 Å². The summed E-state index contributed by atoms with van der Waals surface area (Å²) in [5, 5.41) is 13.9. The van der Waals surface area contributed by atoms with Gasteiger partial charge in [0.15, 0.2) is 5.69 Å². The summed E-state index contributed by atoms with van der Waals surface area (Å²) < 4.78 is 67.9. The van der Waals surface area contributed by atoms with Gasteiger partial charge in [0.2, 0.25) is 15.5 Å². The number of primary sulfonamides is 1. The number of sulfonamides is 1. The highest BCUT2D eigenvalue weighted by atomic mass is 32.2. The number of aryl methyl sites for hydroxylation is 1. The SMILES string of the molecule is Cc1ccc(S(N)(=O)=O)c(C)c1-n1nccc1-c1nn(-c2ccc(OC(F)(F)F)cc2)ccc1=O. The molecular formula is C22H18F3N5O4S. The number of ether oxygens (including phenoxy) is 1. The van der Waals surface area contributed by atoms with Crippen molar-refractivity contribution in [2.24, 2.45) is 5.14 Å². The fourth-order valence-electron chi connectivity index (χ4n) is 3.64. The van der Waals surface area contributed by atoms with Crippen molar-refractivity contribution < 1.29 is 26.3 Å². The second kappa shape index (κ2) is 8.67. The number of hydrogen-bond donors (Lipinski definition) is 1. The second-order valence-corrected chi connectivity index (χ2v) is 9.07. The lowest BCUT2D eigenvalue weighted by Gasteiger charge is -2.16. The summed E-state index contributed by atoms with van der Waals surface area (Å²) in [6, 6.07) is 10.7. The van der Waals surface area contributed by atoms with Crippen molar-refractivity contribution >= 4 is 10.0 Å². The first-order valence-corrected chi connectivity index (χ1v) is 11.5. The number of rotatable bonds is 5. The number of aromatic nitrogens is 4. The minimum atomic E-state index is -4.82. The van der Waals surface area contributed by atoms with Crippen LogP contribution in [0.3, 0.4) is 0 Å². The molecule has 4 aromatic rings. The van der Waals surface area contributed by atoms with E-state index in [1.807, 2.05) is 0 Å². The summed E-state index contributed by atoms with van der Waals surface area (Å²) in [7, 11) is -4.01. The molecule has 35 heavy (non-hydrogen) atoms. The zero-order chi connectivity index (χ0) is 25.5. The molecule has 0 aliphatic rings. The predicted molar refractivity (Wildman–Crippen MR) is 120 cm³/mol. The zero-order valence-electron chi connectivity index (χ0n) is 18.3. The fourth-order valence-corrected chi connectivity index (χ4v) is 4.42. The topological polar surface area (TPSA) is 122 Å². The maximum Gasteiger partial charge on any atom is 0.573 e. The lowest BCUT2D eigenvalue weighted by Crippen LogP contribution is -2.18. The molecule has 182 valence electrons. The predicted octanol–water partition coefficient (Wildman–Crippen LogP) is 3.25. The van der Waals surface area contributed by atoms with E-state index >= 15 is 0 Å². The van der Waals surface area contributed by atoms with Crippen LogP contribution in [-0.4, -0.2) is 34.3 Å². The van der Waals surface area contributed by atoms with Crippen LogP contribution in [0.15, 0.2) is 70.6 Å². The Morgan fingerprint density at radius 2 is 1.69 bits per heavy atom. The third-order valence-corrected chi connectivity index (χ3v) is 6.19. The van der Waals surface area contributed by atoms with Crippen molar-refractivity contribution in [1.82, 2.24) is 19.6 Å². The van der Waals surface area contributed by atoms with E-state index in [-0.39, 0.29) is 16.3 Å². The summed E-state index contributed by atoms with van der Waals surface area (Å²) >= 11 is 0. The van der Waals surface area contributed by atoms with Crippen LogP contribution < -0.4 is 15.3 Å². The molecule has 0 atom stereocenters. The lowest BCUT2D eigenvalue weighted by molar-refractivity contribution is -0.274. The molecule has 0 bridgehead atoms. The standard InChI is InChI=1S/C22H18F3N5O4S/c1-13-3-8-19(35(26,32)33)14(2)21(13)30-17(9-11-27-30)20-18(31)10-12-29(28-20)15-4-6-16(7-5-15)34-22(23,24)25/h3-12H,1-2H3,(H2,26,32,33). The Morgan fingerprint density at radius 3 is 2.31 bits per heavy atom. The van der Waals surface area contributed by atoms with Crippen LogP contribution in [0.2, 0.25) is 0 Å². The number of halogens is 3. The lowest BCUT2D eigenvalue weighted by atomic mass is 10.1. The summed E-state index contributed by atoms with van der Waals surface area (Å²) in [5.41, 5.74) is 1.63. The number of benzene rings is 2. The van der Waals surface area contributed by atoms with Gasteiger partial charge < -0.3 is 4.74 Å². The smallest absolute Gasteiger partial charge is 0.406 e. The Kier molecular flexibility index (Phi) is 5.99. The van der Waals surface area contributed by atoms with Crippen molar-refractivity contribution in [1.29, 1.82) is 0 Å². The van der Waals surface area contributed by atoms with E-state index in [1.54, 1.807) is 19.9 Å². The maximum absolute atomic E-state index is 12.7. The molecular weight excluding hydrogens is 487 g/mol. The van der Waals surface area contributed by atoms with Crippen LogP contribution in [0.4, 0.5) is 13.2 Å². The van der Waals surface area contributed by atoms with Crippen LogP contribution in [0.5, 0.6) is 5.75 Å². The highest BCUT2D eigenvalue weighted by Gasteiger charge is 2.31. The van der Waals surface area contributed by atoms with Gasteiger partial charge in [-0.2, -0.15) is 10.2 Å². The number of nitrogens with zero attached hydrogens (tertiary/aromatic N) is 4. The molecule has 2 aromatic carbocycles. The Morgan fingerprint density at radius 1 is 1.00 bits per heavy atom. The van der Waals surface area contributed by atoms with Crippen LogP contribution >= 0.6 is 0 Å². The molecule has 2 N–H and O–H groups in total. The molecule has 2 heterocycles. The van der Waals surface area contributed by atoms with Gasteiger partial charge in [-0.3, -0.25) is 4.79 Å². The van der Waals surface area contributed by atoms with Gasteiger partial charge in [-0.1, -0.05) is 6.07 Å². The van der Waals surface area contributed by atoms with Crippen molar-refractivity contribution in [3.8, 4) is 28.5 Å². The van der Waals surface area contributed by atoms with Gasteiger partial charge in [0.25, 0.3) is 0 Å². The van der Waals surface area contributed by atoms with Gasteiger partial charge in [-0.05, 0) is 61.4 Å². The van der Waals surface area contributed by atoms with Gasteiger partial charge in [0.1, 0.15) is 5.75 Å². The molecule has 4 rings (SSSR count). The highest BCUT2D eigenvalue weighted by Crippen LogP contribution is 2.28. The third kappa shape index (κ3) is 4.95.